The molecule has 0 rings (SSSR count). The highest BCUT2D eigenvalue weighted by molar-refractivity contribution is 3.99. The van der Waals surface area contributed by atoms with Crippen molar-refractivity contribution in [3.05, 3.63) is 7.05 Å². The summed E-state index contributed by atoms with van der Waals surface area (Å²) in [7, 11) is 4.64. The van der Waals surface area contributed by atoms with Gasteiger partial charge in [-0.05, 0) is 0 Å². The van der Waals surface area contributed by atoms with Gasteiger partial charge in [0.15, 0.2) is 0 Å². The smallest absolute Gasteiger partial charge is 0.0572 e. The van der Waals surface area contributed by atoms with Crippen molar-refractivity contribution in [3.8, 4) is 0 Å². The minimum Gasteiger partial charge on any atom is -0.305 e. The molecule has 0 aromatic rings. The Morgan fingerprint density at radius 2 is 2.25 bits per heavy atom. The largest absolute Gasteiger partial charge is 0.305 e. The standard InChI is InChI=1S/C2H6NO/c1-3-4-2/h3H,1H2,2H3. The Morgan fingerprint density at radius 1 is 2.00 bits per heavy atom. The fourth-order valence-electron chi connectivity index (χ4n) is 0. The van der Waals surface area contributed by atoms with Gasteiger partial charge in [0.1, 0.15) is 0 Å². The second-order valence-corrected chi connectivity index (χ2v) is 0.348. The van der Waals surface area contributed by atoms with Gasteiger partial charge in [0, 0.05) is 7.05 Å². The molecule has 2 heteroatoms. The van der Waals surface area contributed by atoms with Crippen LogP contribution in [0.15, 0.2) is 0 Å². The molecule has 1 radical (unpaired) electrons. The Kier molecular flexibility index (Phi) is 2.86. The summed E-state index contributed by atoms with van der Waals surface area (Å²) in [5, 5.41) is 0. The zero-order chi connectivity index (χ0) is 3.41. The van der Waals surface area contributed by atoms with Crippen molar-refractivity contribution >= 4 is 0 Å². The van der Waals surface area contributed by atoms with E-state index in [1.807, 2.05) is 0 Å². The summed E-state index contributed by atoms with van der Waals surface area (Å²) in [6.45, 7) is 0. The molecule has 0 aliphatic carbocycles. The van der Waals surface area contributed by atoms with E-state index in [2.05, 4.69) is 17.4 Å². The molecule has 2 nitrogen and oxygen atoms in total. The van der Waals surface area contributed by atoms with E-state index in [0.717, 1.165) is 0 Å². The SMILES string of the molecule is [CH2]NOC. The lowest BCUT2D eigenvalue weighted by molar-refractivity contribution is 0.126. The van der Waals surface area contributed by atoms with E-state index in [4.69, 9.17) is 0 Å². The van der Waals surface area contributed by atoms with E-state index in [0.29, 0.717) is 0 Å². The quantitative estimate of drug-likeness (QED) is 0.428. The third-order valence-corrected chi connectivity index (χ3v) is 0.144. The molecule has 0 aliphatic heterocycles. The van der Waals surface area contributed by atoms with Crippen LogP contribution >= 0.6 is 0 Å². The topological polar surface area (TPSA) is 21.3 Å². The number of nitrogens with one attached hydrogen (secondary N) is 1. The van der Waals surface area contributed by atoms with Crippen molar-refractivity contribution in [1.29, 1.82) is 0 Å². The van der Waals surface area contributed by atoms with Gasteiger partial charge >= 0.3 is 0 Å². The number of hydroxylamine groups is 1. The van der Waals surface area contributed by atoms with Gasteiger partial charge in [-0.3, -0.25) is 0 Å². The number of rotatable bonds is 1. The van der Waals surface area contributed by atoms with Gasteiger partial charge in [-0.1, -0.05) is 0 Å². The van der Waals surface area contributed by atoms with Crippen molar-refractivity contribution in [3.63, 3.8) is 0 Å². The number of hydrogen-bond acceptors (Lipinski definition) is 2. The Hall–Kier alpha value is -0.0800. The molecule has 0 unspecified atom stereocenters. The molecule has 0 fully saturated rings. The second-order valence-electron chi connectivity index (χ2n) is 0.348. The maximum atomic E-state index is 4.18. The molecule has 0 aromatic carbocycles. The van der Waals surface area contributed by atoms with Crippen LogP contribution in [-0.2, 0) is 4.84 Å². The van der Waals surface area contributed by atoms with E-state index in [1.165, 1.54) is 7.11 Å². The van der Waals surface area contributed by atoms with Gasteiger partial charge in [-0.2, -0.15) is 0 Å². The summed E-state index contributed by atoms with van der Waals surface area (Å²) >= 11 is 0. The van der Waals surface area contributed by atoms with E-state index in [9.17, 15) is 0 Å². The Morgan fingerprint density at radius 3 is 2.25 bits per heavy atom. The first-order valence-corrected chi connectivity index (χ1v) is 0.966. The van der Waals surface area contributed by atoms with Crippen LogP contribution < -0.4 is 5.48 Å². The van der Waals surface area contributed by atoms with E-state index in [-0.39, 0.29) is 0 Å². The molecule has 0 aliphatic rings. The Labute approximate surface area is 25.7 Å². The van der Waals surface area contributed by atoms with Crippen LogP contribution in [0.3, 0.4) is 0 Å². The van der Waals surface area contributed by atoms with Crippen molar-refractivity contribution in [1.82, 2.24) is 5.48 Å². The molecule has 0 amide bonds. The van der Waals surface area contributed by atoms with Crippen molar-refractivity contribution in [2.24, 2.45) is 0 Å². The van der Waals surface area contributed by atoms with Gasteiger partial charge in [-0.25, -0.2) is 5.48 Å². The third-order valence-electron chi connectivity index (χ3n) is 0.144. The van der Waals surface area contributed by atoms with Crippen molar-refractivity contribution in [2.45, 2.75) is 0 Å². The molecule has 25 valence electrons. The lowest BCUT2D eigenvalue weighted by atomic mass is 11.5. The van der Waals surface area contributed by atoms with Crippen LogP contribution in [0.25, 0.3) is 0 Å². The minimum absolute atomic E-state index is 1.51. The van der Waals surface area contributed by atoms with Gasteiger partial charge in [0.25, 0.3) is 0 Å². The fourth-order valence-corrected chi connectivity index (χ4v) is 0. The summed E-state index contributed by atoms with van der Waals surface area (Å²) in [6, 6.07) is 0. The maximum absolute atomic E-state index is 4.18. The molecule has 0 spiro atoms. The first kappa shape index (κ1) is 3.92. The molecule has 0 bridgehead atoms. The third kappa shape index (κ3) is 1.92. The predicted molar refractivity (Wildman–Crippen MR) is 15.5 cm³/mol. The molecular formula is C2H6NO. The van der Waals surface area contributed by atoms with Gasteiger partial charge in [0.2, 0.25) is 0 Å². The first-order chi connectivity index (χ1) is 1.91. The summed E-state index contributed by atoms with van der Waals surface area (Å²) in [4.78, 5) is 4.18. The second kappa shape index (κ2) is 2.92. The Bertz CT molecular complexity index is 8.00. The molecule has 4 heavy (non-hydrogen) atoms. The maximum Gasteiger partial charge on any atom is 0.0572 e. The van der Waals surface area contributed by atoms with E-state index in [1.54, 1.807) is 0 Å². The summed E-state index contributed by atoms with van der Waals surface area (Å²) in [5.41, 5.74) is 2.18. The zero-order valence-corrected chi connectivity index (χ0v) is 2.62. The van der Waals surface area contributed by atoms with Gasteiger partial charge in [0.05, 0.1) is 7.11 Å². The van der Waals surface area contributed by atoms with Crippen LogP contribution in [0.5, 0.6) is 0 Å². The minimum atomic E-state index is 1.51. The number of hydrogen-bond donors (Lipinski definition) is 1. The monoisotopic (exact) mass is 60.0 g/mol. The van der Waals surface area contributed by atoms with E-state index >= 15 is 0 Å². The Balaban J connectivity index is 1.97. The van der Waals surface area contributed by atoms with Gasteiger partial charge in [-0.15, -0.1) is 0 Å². The molecule has 0 saturated carbocycles. The summed E-state index contributed by atoms with van der Waals surface area (Å²) < 4.78 is 0. The van der Waals surface area contributed by atoms with Crippen LogP contribution in [0.1, 0.15) is 0 Å². The highest BCUT2D eigenvalue weighted by Crippen LogP contribution is 1.36. The first-order valence-electron chi connectivity index (χ1n) is 0.966. The summed E-state index contributed by atoms with van der Waals surface area (Å²) in [6.07, 6.45) is 0. The average Bonchev–Trinajstić information content (AvgIpc) is 1.37. The molecule has 0 heterocycles. The van der Waals surface area contributed by atoms with Crippen molar-refractivity contribution in [2.75, 3.05) is 7.11 Å². The van der Waals surface area contributed by atoms with Crippen LogP contribution in [0.2, 0.25) is 0 Å². The zero-order valence-electron chi connectivity index (χ0n) is 2.62. The highest BCUT2D eigenvalue weighted by Gasteiger charge is 1.46. The van der Waals surface area contributed by atoms with Crippen molar-refractivity contribution < 1.29 is 4.84 Å². The highest BCUT2D eigenvalue weighted by atomic mass is 16.6. The molecule has 1 N–H and O–H groups in total. The molecule has 0 saturated heterocycles. The normalized spacial score (nSPS) is 7.50. The lowest BCUT2D eigenvalue weighted by Crippen LogP contribution is -1.96. The van der Waals surface area contributed by atoms with Gasteiger partial charge < -0.3 is 4.84 Å². The summed E-state index contributed by atoms with van der Waals surface area (Å²) in [5.74, 6) is 0. The molecule has 0 aromatic heterocycles. The van der Waals surface area contributed by atoms with E-state index < -0.39 is 0 Å². The lowest BCUT2D eigenvalue weighted by Gasteiger charge is -1.80. The predicted octanol–water partition coefficient (Wildman–Crippen LogP) is -0.0710. The molecular weight excluding hydrogens is 54.0 g/mol. The average molecular weight is 60.1 g/mol. The molecule has 0 atom stereocenters. The van der Waals surface area contributed by atoms with Crippen LogP contribution in [0, 0.1) is 7.05 Å². The van der Waals surface area contributed by atoms with Crippen LogP contribution in [-0.4, -0.2) is 7.11 Å². The fraction of sp³-hybridized carbons (Fsp3) is 0.500. The van der Waals surface area contributed by atoms with Crippen LogP contribution in [0.4, 0.5) is 0 Å².